The van der Waals surface area contributed by atoms with Gasteiger partial charge < -0.3 is 25.8 Å². The molecule has 1 unspecified atom stereocenters. The monoisotopic (exact) mass is 256 g/mol. The molecule has 0 aliphatic carbocycles. The predicted octanol–water partition coefficient (Wildman–Crippen LogP) is -1.57. The number of hydrogen-bond acceptors (Lipinski definition) is 6. The van der Waals surface area contributed by atoms with Gasteiger partial charge in [0.2, 0.25) is 0 Å². The fourth-order valence-corrected chi connectivity index (χ4v) is 2.09. The maximum atomic E-state index is 11.8. The number of nitrogens with zero attached hydrogens (tertiary/aromatic N) is 1. The minimum atomic E-state index is -1.67. The number of nitrogens with two attached hydrogens (primary N) is 1. The standard InChI is InChI=1S/C11H16N2O5/c1-11(17)9(16)7(5-14)18-10(11)13-3-2-6(12)4-8(13)15/h2-4,7,9-10,14,16-17H,5,12H2,1H3/t7-,9?,10-,11-/m1/s1. The van der Waals surface area contributed by atoms with E-state index in [9.17, 15) is 15.0 Å². The van der Waals surface area contributed by atoms with Crippen LogP contribution >= 0.6 is 0 Å². The van der Waals surface area contributed by atoms with Gasteiger partial charge in [-0.2, -0.15) is 0 Å². The molecule has 0 aromatic carbocycles. The Labute approximate surface area is 103 Å². The summed E-state index contributed by atoms with van der Waals surface area (Å²) < 4.78 is 6.45. The number of aliphatic hydroxyl groups excluding tert-OH is 2. The van der Waals surface area contributed by atoms with E-state index < -0.39 is 36.2 Å². The van der Waals surface area contributed by atoms with Crippen molar-refractivity contribution < 1.29 is 20.1 Å². The second-order valence-electron chi connectivity index (χ2n) is 4.59. The van der Waals surface area contributed by atoms with Crippen LogP contribution in [0.4, 0.5) is 5.69 Å². The van der Waals surface area contributed by atoms with E-state index in [1.165, 1.54) is 25.3 Å². The number of aliphatic hydroxyl groups is 3. The van der Waals surface area contributed by atoms with E-state index >= 15 is 0 Å². The van der Waals surface area contributed by atoms with E-state index in [1.54, 1.807) is 0 Å². The summed E-state index contributed by atoms with van der Waals surface area (Å²) in [7, 11) is 0. The van der Waals surface area contributed by atoms with Gasteiger partial charge >= 0.3 is 0 Å². The van der Waals surface area contributed by atoms with Crippen LogP contribution in [0, 0.1) is 0 Å². The number of hydrogen-bond donors (Lipinski definition) is 4. The van der Waals surface area contributed by atoms with E-state index in [4.69, 9.17) is 15.6 Å². The van der Waals surface area contributed by atoms with Gasteiger partial charge in [0.1, 0.15) is 17.8 Å². The first-order chi connectivity index (χ1) is 8.37. The molecule has 1 fully saturated rings. The number of nitrogen functional groups attached to an aromatic ring is 1. The van der Waals surface area contributed by atoms with Gasteiger partial charge in [0, 0.05) is 18.0 Å². The summed E-state index contributed by atoms with van der Waals surface area (Å²) in [5, 5.41) is 29.1. The second kappa shape index (κ2) is 4.36. The topological polar surface area (TPSA) is 118 Å². The Hall–Kier alpha value is -1.41. The molecule has 1 aliphatic heterocycles. The fraction of sp³-hybridized carbons (Fsp3) is 0.545. The lowest BCUT2D eigenvalue weighted by Crippen LogP contribution is -2.45. The lowest BCUT2D eigenvalue weighted by Gasteiger charge is -2.27. The Morgan fingerprint density at radius 2 is 2.28 bits per heavy atom. The maximum absolute atomic E-state index is 11.8. The molecule has 100 valence electrons. The highest BCUT2D eigenvalue weighted by Crippen LogP contribution is 2.37. The summed E-state index contributed by atoms with van der Waals surface area (Å²) in [6, 6.07) is 2.68. The van der Waals surface area contributed by atoms with Crippen LogP contribution in [0.2, 0.25) is 0 Å². The van der Waals surface area contributed by atoms with Crippen molar-refractivity contribution in [2.45, 2.75) is 31.0 Å². The molecular weight excluding hydrogens is 240 g/mol. The summed E-state index contributed by atoms with van der Waals surface area (Å²) in [4.78, 5) is 11.8. The SMILES string of the molecule is C[C@@]1(O)C(O)[C@@H](CO)O[C@H]1n1ccc(N)cc1=O. The first-order valence-corrected chi connectivity index (χ1v) is 5.52. The van der Waals surface area contributed by atoms with Crippen LogP contribution in [0.1, 0.15) is 13.2 Å². The molecule has 7 nitrogen and oxygen atoms in total. The summed E-state index contributed by atoms with van der Waals surface area (Å²) in [6.07, 6.45) is -1.91. The molecule has 7 heteroatoms. The van der Waals surface area contributed by atoms with E-state index in [-0.39, 0.29) is 0 Å². The molecule has 0 radical (unpaired) electrons. The third-order valence-corrected chi connectivity index (χ3v) is 3.16. The number of anilines is 1. The number of pyridine rings is 1. The lowest BCUT2D eigenvalue weighted by atomic mass is 9.96. The Morgan fingerprint density at radius 3 is 2.78 bits per heavy atom. The van der Waals surface area contributed by atoms with Crippen molar-refractivity contribution in [1.82, 2.24) is 4.57 Å². The van der Waals surface area contributed by atoms with Gasteiger partial charge in [0.15, 0.2) is 6.23 Å². The normalized spacial score (nSPS) is 35.9. The Balaban J connectivity index is 2.42. The van der Waals surface area contributed by atoms with Crippen molar-refractivity contribution in [3.05, 3.63) is 28.7 Å². The van der Waals surface area contributed by atoms with Crippen LogP contribution in [0.25, 0.3) is 0 Å². The molecular formula is C11H16N2O5. The molecule has 5 N–H and O–H groups in total. The minimum absolute atomic E-state index is 0.299. The zero-order valence-corrected chi connectivity index (χ0v) is 9.85. The molecule has 0 spiro atoms. The molecule has 4 atom stereocenters. The Morgan fingerprint density at radius 1 is 1.61 bits per heavy atom. The number of aromatic nitrogens is 1. The van der Waals surface area contributed by atoms with Crippen LogP contribution in [-0.4, -0.2) is 44.3 Å². The number of rotatable bonds is 2. The van der Waals surface area contributed by atoms with Crippen LogP contribution in [0.3, 0.4) is 0 Å². The molecule has 18 heavy (non-hydrogen) atoms. The van der Waals surface area contributed by atoms with Gasteiger partial charge in [0.05, 0.1) is 6.61 Å². The first kappa shape index (κ1) is 13.0. The average Bonchev–Trinajstić information content (AvgIpc) is 2.52. The average molecular weight is 256 g/mol. The summed E-state index contributed by atoms with van der Waals surface area (Å²) in [5.74, 6) is 0. The van der Waals surface area contributed by atoms with Gasteiger partial charge in [-0.15, -0.1) is 0 Å². The highest BCUT2D eigenvalue weighted by atomic mass is 16.6. The third-order valence-electron chi connectivity index (χ3n) is 3.16. The summed E-state index contributed by atoms with van der Waals surface area (Å²) in [6.45, 7) is 0.901. The minimum Gasteiger partial charge on any atom is -0.399 e. The second-order valence-corrected chi connectivity index (χ2v) is 4.59. The van der Waals surface area contributed by atoms with Gasteiger partial charge in [-0.1, -0.05) is 0 Å². The van der Waals surface area contributed by atoms with Gasteiger partial charge in [-0.05, 0) is 13.0 Å². The molecule has 1 aromatic heterocycles. The third kappa shape index (κ3) is 1.91. The Kier molecular flexibility index (Phi) is 3.16. The maximum Gasteiger partial charge on any atom is 0.254 e. The summed E-state index contributed by atoms with van der Waals surface area (Å²) >= 11 is 0. The van der Waals surface area contributed by atoms with Crippen molar-refractivity contribution in [3.63, 3.8) is 0 Å². The molecule has 1 aliphatic rings. The summed E-state index contributed by atoms with van der Waals surface area (Å²) in [5.41, 5.74) is 3.64. The lowest BCUT2D eigenvalue weighted by molar-refractivity contribution is -0.0981. The predicted molar refractivity (Wildman–Crippen MR) is 62.7 cm³/mol. The van der Waals surface area contributed by atoms with Crippen LogP contribution in [0.15, 0.2) is 23.1 Å². The van der Waals surface area contributed by atoms with E-state index in [2.05, 4.69) is 0 Å². The van der Waals surface area contributed by atoms with Crippen LogP contribution in [0.5, 0.6) is 0 Å². The Bertz CT molecular complexity index is 498. The van der Waals surface area contributed by atoms with Crippen LogP contribution in [-0.2, 0) is 4.74 Å². The van der Waals surface area contributed by atoms with Crippen molar-refractivity contribution in [3.8, 4) is 0 Å². The fourth-order valence-electron chi connectivity index (χ4n) is 2.09. The van der Waals surface area contributed by atoms with E-state index in [0.717, 1.165) is 4.57 Å². The van der Waals surface area contributed by atoms with Gasteiger partial charge in [-0.25, -0.2) is 0 Å². The zero-order valence-electron chi connectivity index (χ0n) is 9.85. The smallest absolute Gasteiger partial charge is 0.254 e. The zero-order chi connectivity index (χ0) is 13.5. The molecule has 0 saturated carbocycles. The van der Waals surface area contributed by atoms with Crippen molar-refractivity contribution >= 4 is 5.69 Å². The van der Waals surface area contributed by atoms with Crippen molar-refractivity contribution in [2.75, 3.05) is 12.3 Å². The highest BCUT2D eigenvalue weighted by molar-refractivity contribution is 5.34. The molecule has 2 heterocycles. The van der Waals surface area contributed by atoms with E-state index in [1.807, 2.05) is 0 Å². The largest absolute Gasteiger partial charge is 0.399 e. The van der Waals surface area contributed by atoms with Crippen LogP contribution < -0.4 is 11.3 Å². The molecule has 0 bridgehead atoms. The van der Waals surface area contributed by atoms with Crippen molar-refractivity contribution in [1.29, 1.82) is 0 Å². The van der Waals surface area contributed by atoms with E-state index in [0.29, 0.717) is 5.69 Å². The molecule has 1 aromatic rings. The first-order valence-electron chi connectivity index (χ1n) is 5.52. The molecule has 0 amide bonds. The number of ether oxygens (including phenoxy) is 1. The molecule has 2 rings (SSSR count). The molecule has 1 saturated heterocycles. The van der Waals surface area contributed by atoms with Crippen molar-refractivity contribution in [2.24, 2.45) is 0 Å². The van der Waals surface area contributed by atoms with Gasteiger partial charge in [-0.3, -0.25) is 9.36 Å². The highest BCUT2D eigenvalue weighted by Gasteiger charge is 2.52. The quantitative estimate of drug-likeness (QED) is 0.508. The van der Waals surface area contributed by atoms with Gasteiger partial charge in [0.25, 0.3) is 5.56 Å².